The lowest BCUT2D eigenvalue weighted by Crippen LogP contribution is -2.33. The minimum absolute atomic E-state index is 0.278. The van der Waals surface area contributed by atoms with Crippen LogP contribution in [0.3, 0.4) is 0 Å². The molecule has 2 aromatic heterocycles. The Morgan fingerprint density at radius 2 is 2.11 bits per heavy atom. The molecule has 0 saturated heterocycles. The van der Waals surface area contributed by atoms with Gasteiger partial charge in [0.1, 0.15) is 28.7 Å². The third kappa shape index (κ3) is 3.33. The summed E-state index contributed by atoms with van der Waals surface area (Å²) >= 11 is 0. The number of esters is 1. The molecule has 1 aromatic carbocycles. The number of halogens is 1. The molecule has 0 atom stereocenters. The van der Waals surface area contributed by atoms with E-state index in [-0.39, 0.29) is 12.4 Å². The zero-order valence-corrected chi connectivity index (χ0v) is 15.6. The van der Waals surface area contributed by atoms with Crippen molar-refractivity contribution in [1.29, 1.82) is 0 Å². The van der Waals surface area contributed by atoms with Gasteiger partial charge in [0.2, 0.25) is 0 Å². The van der Waals surface area contributed by atoms with Crippen LogP contribution in [-0.2, 0) is 17.7 Å². The molecule has 3 aromatic rings. The Balaban J connectivity index is 1.65. The average molecular weight is 382 g/mol. The van der Waals surface area contributed by atoms with Crippen LogP contribution in [0.15, 0.2) is 35.0 Å². The first-order valence-corrected chi connectivity index (χ1v) is 9.06. The molecule has 0 amide bonds. The van der Waals surface area contributed by atoms with Crippen LogP contribution in [-0.4, -0.2) is 34.2 Å². The highest BCUT2D eigenvalue weighted by Crippen LogP contribution is 2.32. The lowest BCUT2D eigenvalue weighted by Gasteiger charge is -2.28. The summed E-state index contributed by atoms with van der Waals surface area (Å²) in [5, 5.41) is 4.19. The summed E-state index contributed by atoms with van der Waals surface area (Å²) in [5.41, 5.74) is 2.88. The van der Waals surface area contributed by atoms with Crippen molar-refractivity contribution in [2.75, 3.05) is 18.1 Å². The monoisotopic (exact) mass is 382 g/mol. The van der Waals surface area contributed by atoms with Gasteiger partial charge in [0.15, 0.2) is 5.76 Å². The second-order valence-electron chi connectivity index (χ2n) is 6.49. The second-order valence-corrected chi connectivity index (χ2v) is 6.49. The molecule has 0 spiro atoms. The maximum absolute atomic E-state index is 13.2. The number of hydrogen-bond acceptors (Lipinski definition) is 7. The van der Waals surface area contributed by atoms with E-state index in [0.29, 0.717) is 42.5 Å². The SMILES string of the molecule is CCOC(=O)c1cnc(C)nc1N1CCc2c(noc2-c2ccc(F)cc2)C1. The number of nitrogens with zero attached hydrogens (tertiary/aromatic N) is 4. The van der Waals surface area contributed by atoms with E-state index in [1.165, 1.54) is 18.3 Å². The Kier molecular flexibility index (Phi) is 4.77. The van der Waals surface area contributed by atoms with Crippen molar-refractivity contribution < 1.29 is 18.4 Å². The third-order valence-electron chi connectivity index (χ3n) is 4.63. The highest BCUT2D eigenvalue weighted by molar-refractivity contribution is 5.94. The van der Waals surface area contributed by atoms with Gasteiger partial charge < -0.3 is 14.2 Å². The summed E-state index contributed by atoms with van der Waals surface area (Å²) in [6.45, 7) is 4.89. The van der Waals surface area contributed by atoms with Gasteiger partial charge in [-0.1, -0.05) is 5.16 Å². The number of aryl methyl sites for hydroxylation is 1. The normalized spacial score (nSPS) is 13.3. The van der Waals surface area contributed by atoms with Crippen LogP contribution in [0, 0.1) is 12.7 Å². The molecule has 4 rings (SSSR count). The van der Waals surface area contributed by atoms with Gasteiger partial charge in [-0.15, -0.1) is 0 Å². The van der Waals surface area contributed by atoms with Crippen LogP contribution in [0.5, 0.6) is 0 Å². The molecule has 144 valence electrons. The topological polar surface area (TPSA) is 81.4 Å². The quantitative estimate of drug-likeness (QED) is 0.640. The molecule has 3 heterocycles. The predicted molar refractivity (Wildman–Crippen MR) is 99.4 cm³/mol. The van der Waals surface area contributed by atoms with Gasteiger partial charge in [-0.25, -0.2) is 19.2 Å². The first-order chi connectivity index (χ1) is 13.6. The van der Waals surface area contributed by atoms with Gasteiger partial charge in [-0.05, 0) is 44.5 Å². The van der Waals surface area contributed by atoms with Crippen LogP contribution in [0.25, 0.3) is 11.3 Å². The number of benzene rings is 1. The summed E-state index contributed by atoms with van der Waals surface area (Å²) in [4.78, 5) is 22.9. The van der Waals surface area contributed by atoms with Gasteiger partial charge in [0, 0.05) is 23.9 Å². The van der Waals surface area contributed by atoms with Gasteiger partial charge in [0.05, 0.1) is 13.2 Å². The van der Waals surface area contributed by atoms with E-state index in [1.807, 2.05) is 4.90 Å². The highest BCUT2D eigenvalue weighted by Gasteiger charge is 2.28. The number of aromatic nitrogens is 3. The van der Waals surface area contributed by atoms with Gasteiger partial charge in [-0.3, -0.25) is 0 Å². The summed E-state index contributed by atoms with van der Waals surface area (Å²) < 4.78 is 23.9. The maximum Gasteiger partial charge on any atom is 0.343 e. The summed E-state index contributed by atoms with van der Waals surface area (Å²) in [6.07, 6.45) is 2.16. The van der Waals surface area contributed by atoms with E-state index in [2.05, 4.69) is 15.1 Å². The fraction of sp³-hybridized carbons (Fsp3) is 0.300. The molecule has 7 nitrogen and oxygen atoms in total. The molecule has 8 heteroatoms. The minimum atomic E-state index is -0.449. The Labute approximate surface area is 161 Å². The summed E-state index contributed by atoms with van der Waals surface area (Å²) in [5.74, 6) is 1.01. The lowest BCUT2D eigenvalue weighted by molar-refractivity contribution is 0.0526. The fourth-order valence-electron chi connectivity index (χ4n) is 3.29. The molecule has 0 unspecified atom stereocenters. The van der Waals surface area contributed by atoms with E-state index in [1.54, 1.807) is 26.0 Å². The predicted octanol–water partition coefficient (Wildman–Crippen LogP) is 3.32. The van der Waals surface area contributed by atoms with Crippen molar-refractivity contribution in [3.05, 3.63) is 58.9 Å². The molecule has 0 aliphatic carbocycles. The summed E-state index contributed by atoms with van der Waals surface area (Å²) in [7, 11) is 0. The first-order valence-electron chi connectivity index (χ1n) is 9.06. The second kappa shape index (κ2) is 7.38. The molecule has 0 bridgehead atoms. The molecule has 0 N–H and O–H groups in total. The number of anilines is 1. The van der Waals surface area contributed by atoms with Crippen molar-refractivity contribution >= 4 is 11.8 Å². The van der Waals surface area contributed by atoms with E-state index in [4.69, 9.17) is 9.26 Å². The molecule has 0 saturated carbocycles. The van der Waals surface area contributed by atoms with E-state index >= 15 is 0 Å². The number of rotatable bonds is 4. The zero-order chi connectivity index (χ0) is 19.7. The van der Waals surface area contributed by atoms with Crippen molar-refractivity contribution in [1.82, 2.24) is 15.1 Å². The average Bonchev–Trinajstić information content (AvgIpc) is 3.12. The largest absolute Gasteiger partial charge is 0.462 e. The number of fused-ring (bicyclic) bond motifs is 1. The third-order valence-corrected chi connectivity index (χ3v) is 4.63. The van der Waals surface area contributed by atoms with Crippen LogP contribution in [0.1, 0.15) is 34.4 Å². The Morgan fingerprint density at radius 1 is 1.32 bits per heavy atom. The minimum Gasteiger partial charge on any atom is -0.462 e. The van der Waals surface area contributed by atoms with E-state index in [9.17, 15) is 9.18 Å². The molecule has 1 aliphatic rings. The molecule has 0 fully saturated rings. The number of ether oxygens (including phenoxy) is 1. The van der Waals surface area contributed by atoms with Gasteiger partial charge in [-0.2, -0.15) is 0 Å². The van der Waals surface area contributed by atoms with E-state index < -0.39 is 5.97 Å². The Morgan fingerprint density at radius 3 is 2.86 bits per heavy atom. The molecular weight excluding hydrogens is 363 g/mol. The van der Waals surface area contributed by atoms with Crippen molar-refractivity contribution in [2.24, 2.45) is 0 Å². The van der Waals surface area contributed by atoms with Gasteiger partial charge in [0.25, 0.3) is 0 Å². The molecule has 0 radical (unpaired) electrons. The van der Waals surface area contributed by atoms with Crippen molar-refractivity contribution in [2.45, 2.75) is 26.8 Å². The first kappa shape index (κ1) is 18.1. The fourth-order valence-corrected chi connectivity index (χ4v) is 3.29. The standard InChI is InChI=1S/C20H19FN4O3/c1-3-27-20(26)16-10-22-12(2)23-19(16)25-9-8-15-17(11-25)24-28-18(15)13-4-6-14(21)7-5-13/h4-7,10H,3,8-9,11H2,1-2H3. The lowest BCUT2D eigenvalue weighted by atomic mass is 10.0. The van der Waals surface area contributed by atoms with Crippen LogP contribution in [0.4, 0.5) is 10.2 Å². The Bertz CT molecular complexity index is 1020. The summed E-state index contributed by atoms with van der Waals surface area (Å²) in [6, 6.07) is 6.15. The van der Waals surface area contributed by atoms with Crippen LogP contribution < -0.4 is 4.90 Å². The number of carbonyl (C=O) groups is 1. The van der Waals surface area contributed by atoms with Crippen molar-refractivity contribution in [3.63, 3.8) is 0 Å². The smallest absolute Gasteiger partial charge is 0.343 e. The van der Waals surface area contributed by atoms with Crippen molar-refractivity contribution in [3.8, 4) is 11.3 Å². The van der Waals surface area contributed by atoms with Crippen LogP contribution >= 0.6 is 0 Å². The Hall–Kier alpha value is -3.29. The number of carbonyl (C=O) groups excluding carboxylic acids is 1. The van der Waals surface area contributed by atoms with Gasteiger partial charge >= 0.3 is 5.97 Å². The zero-order valence-electron chi connectivity index (χ0n) is 15.6. The molecule has 1 aliphatic heterocycles. The van der Waals surface area contributed by atoms with Crippen LogP contribution in [0.2, 0.25) is 0 Å². The highest BCUT2D eigenvalue weighted by atomic mass is 19.1. The maximum atomic E-state index is 13.2. The van der Waals surface area contributed by atoms with E-state index in [0.717, 1.165) is 16.8 Å². The number of hydrogen-bond donors (Lipinski definition) is 0. The molecule has 28 heavy (non-hydrogen) atoms. The molecular formula is C20H19FN4O3.